The van der Waals surface area contributed by atoms with Crippen molar-refractivity contribution in [1.82, 2.24) is 0 Å². The van der Waals surface area contributed by atoms with Gasteiger partial charge in [0.1, 0.15) is 0 Å². The van der Waals surface area contributed by atoms with Gasteiger partial charge >= 0.3 is 0 Å². The quantitative estimate of drug-likeness (QED) is 0.583. The summed E-state index contributed by atoms with van der Waals surface area (Å²) in [6.45, 7) is 0. The average molecular weight is 224 g/mol. The third-order valence-corrected chi connectivity index (χ3v) is 5.87. The molecule has 15 heavy (non-hydrogen) atoms. The van der Waals surface area contributed by atoms with Gasteiger partial charge in [0.25, 0.3) is 0 Å². The summed E-state index contributed by atoms with van der Waals surface area (Å²) in [7, 11) is 0. The normalized spacial score (nSPS) is 50.6. The predicted molar refractivity (Wildman–Crippen MR) is 68.3 cm³/mol. The van der Waals surface area contributed by atoms with E-state index in [1.807, 2.05) is 0 Å². The molecule has 0 aromatic rings. The largest absolute Gasteiger partial charge is 0.176 e. The zero-order chi connectivity index (χ0) is 10.3. The van der Waals surface area contributed by atoms with E-state index in [0.717, 1.165) is 28.9 Å². The van der Waals surface area contributed by atoms with Crippen molar-refractivity contribution in [2.45, 2.75) is 63.0 Å². The second-order valence-electron chi connectivity index (χ2n) is 6.25. The molecule has 0 aromatic heterocycles. The molecule has 0 radical (unpaired) electrons. The van der Waals surface area contributed by atoms with Gasteiger partial charge in [-0.05, 0) is 62.2 Å². The molecule has 4 unspecified atom stereocenters. The third-order valence-electron chi connectivity index (χ3n) is 5.45. The second-order valence-corrected chi connectivity index (χ2v) is 6.98. The van der Waals surface area contributed by atoms with Gasteiger partial charge in [-0.2, -0.15) is 12.6 Å². The molecule has 3 aliphatic carbocycles. The van der Waals surface area contributed by atoms with Crippen molar-refractivity contribution in [3.05, 3.63) is 0 Å². The van der Waals surface area contributed by atoms with Crippen molar-refractivity contribution in [2.24, 2.45) is 23.7 Å². The fourth-order valence-corrected chi connectivity index (χ4v) is 4.90. The van der Waals surface area contributed by atoms with Crippen LogP contribution < -0.4 is 0 Å². The highest BCUT2D eigenvalue weighted by Gasteiger charge is 2.37. The van der Waals surface area contributed by atoms with E-state index in [0.29, 0.717) is 0 Å². The maximum absolute atomic E-state index is 4.70. The smallest absolute Gasteiger partial charge is 0.00222 e. The molecule has 0 heterocycles. The molecule has 3 rings (SSSR count). The Morgan fingerprint density at radius 2 is 1.07 bits per heavy atom. The Bertz CT molecular complexity index is 225. The van der Waals surface area contributed by atoms with Crippen molar-refractivity contribution >= 4 is 12.6 Å². The van der Waals surface area contributed by atoms with Crippen molar-refractivity contribution in [1.29, 1.82) is 0 Å². The zero-order valence-electron chi connectivity index (χ0n) is 9.70. The Labute approximate surface area is 99.6 Å². The Morgan fingerprint density at radius 3 is 1.80 bits per heavy atom. The molecule has 3 fully saturated rings. The van der Waals surface area contributed by atoms with Crippen LogP contribution in [-0.4, -0.2) is 5.25 Å². The van der Waals surface area contributed by atoms with Crippen LogP contribution in [0.15, 0.2) is 0 Å². The van der Waals surface area contributed by atoms with Gasteiger partial charge in [-0.1, -0.05) is 19.3 Å². The van der Waals surface area contributed by atoms with Crippen LogP contribution in [0, 0.1) is 23.7 Å². The fourth-order valence-electron chi connectivity index (χ4n) is 4.36. The molecule has 0 amide bonds. The molecule has 0 aliphatic heterocycles. The van der Waals surface area contributed by atoms with Crippen molar-refractivity contribution in [3.8, 4) is 0 Å². The lowest BCUT2D eigenvalue weighted by molar-refractivity contribution is 0.147. The Hall–Kier alpha value is 0.350. The van der Waals surface area contributed by atoms with Crippen LogP contribution in [0.1, 0.15) is 57.8 Å². The highest BCUT2D eigenvalue weighted by molar-refractivity contribution is 7.80. The molecule has 0 bridgehead atoms. The van der Waals surface area contributed by atoms with Gasteiger partial charge in [-0.25, -0.2) is 0 Å². The summed E-state index contributed by atoms with van der Waals surface area (Å²) in [6.07, 6.45) is 13.6. The van der Waals surface area contributed by atoms with Crippen LogP contribution in [-0.2, 0) is 0 Å². The van der Waals surface area contributed by atoms with Crippen LogP contribution in [0.5, 0.6) is 0 Å². The molecule has 0 spiro atoms. The average Bonchev–Trinajstić information content (AvgIpc) is 2.52. The molecular weight excluding hydrogens is 200 g/mol. The van der Waals surface area contributed by atoms with Gasteiger partial charge in [-0.15, -0.1) is 0 Å². The van der Waals surface area contributed by atoms with Crippen LogP contribution >= 0.6 is 12.6 Å². The fraction of sp³-hybridized carbons (Fsp3) is 1.00. The SMILES string of the molecule is SC1CC2CCC[C@@H]3CCC3CCC2C1. The van der Waals surface area contributed by atoms with E-state index in [4.69, 9.17) is 12.6 Å². The van der Waals surface area contributed by atoms with E-state index >= 15 is 0 Å². The molecule has 0 aromatic carbocycles. The molecule has 0 N–H and O–H groups in total. The first-order valence-electron chi connectivity index (χ1n) is 7.01. The van der Waals surface area contributed by atoms with E-state index in [-0.39, 0.29) is 0 Å². The molecule has 1 heteroatoms. The summed E-state index contributed by atoms with van der Waals surface area (Å²) >= 11 is 4.70. The van der Waals surface area contributed by atoms with Crippen LogP contribution in [0.4, 0.5) is 0 Å². The zero-order valence-corrected chi connectivity index (χ0v) is 10.6. The van der Waals surface area contributed by atoms with E-state index in [9.17, 15) is 0 Å². The molecule has 0 nitrogen and oxygen atoms in total. The van der Waals surface area contributed by atoms with E-state index in [1.165, 1.54) is 32.1 Å². The number of thiol groups is 1. The van der Waals surface area contributed by atoms with E-state index in [2.05, 4.69) is 0 Å². The first-order chi connectivity index (χ1) is 7.33. The molecule has 3 aliphatic rings. The minimum atomic E-state index is 0.733. The lowest BCUT2D eigenvalue weighted by Crippen LogP contribution is -2.25. The summed E-state index contributed by atoms with van der Waals surface area (Å²) in [4.78, 5) is 0. The summed E-state index contributed by atoms with van der Waals surface area (Å²) in [5, 5.41) is 0.733. The van der Waals surface area contributed by atoms with Gasteiger partial charge in [0.05, 0.1) is 0 Å². The molecule has 86 valence electrons. The minimum absolute atomic E-state index is 0.733. The lowest BCUT2D eigenvalue weighted by atomic mass is 9.69. The van der Waals surface area contributed by atoms with Gasteiger partial charge in [0.15, 0.2) is 0 Å². The highest BCUT2D eigenvalue weighted by atomic mass is 32.1. The molecule has 3 saturated carbocycles. The first-order valence-corrected chi connectivity index (χ1v) is 7.52. The predicted octanol–water partition coefficient (Wildman–Crippen LogP) is 4.30. The molecular formula is C14H24S. The number of fused-ring (bicyclic) bond motifs is 2. The summed E-state index contributed by atoms with van der Waals surface area (Å²) < 4.78 is 0. The summed E-state index contributed by atoms with van der Waals surface area (Å²) in [5.41, 5.74) is 0. The van der Waals surface area contributed by atoms with Crippen molar-refractivity contribution in [2.75, 3.05) is 0 Å². The number of hydrogen-bond donors (Lipinski definition) is 1. The van der Waals surface area contributed by atoms with Crippen molar-refractivity contribution < 1.29 is 0 Å². The van der Waals surface area contributed by atoms with Gasteiger partial charge in [-0.3, -0.25) is 0 Å². The summed E-state index contributed by atoms with van der Waals surface area (Å²) in [5.74, 6) is 4.36. The first kappa shape index (κ1) is 10.5. The maximum Gasteiger partial charge on any atom is 0.00222 e. The Balaban J connectivity index is 1.63. The van der Waals surface area contributed by atoms with Crippen molar-refractivity contribution in [3.63, 3.8) is 0 Å². The highest BCUT2D eigenvalue weighted by Crippen LogP contribution is 2.48. The Morgan fingerprint density at radius 1 is 0.600 bits per heavy atom. The van der Waals surface area contributed by atoms with E-state index in [1.54, 1.807) is 25.7 Å². The van der Waals surface area contributed by atoms with Crippen LogP contribution in [0.3, 0.4) is 0 Å². The maximum atomic E-state index is 4.70. The van der Waals surface area contributed by atoms with Gasteiger partial charge in [0, 0.05) is 5.25 Å². The topological polar surface area (TPSA) is 0 Å². The van der Waals surface area contributed by atoms with Crippen LogP contribution in [0.25, 0.3) is 0 Å². The number of rotatable bonds is 0. The third kappa shape index (κ3) is 2.09. The van der Waals surface area contributed by atoms with Gasteiger partial charge < -0.3 is 0 Å². The van der Waals surface area contributed by atoms with E-state index < -0.39 is 0 Å². The number of hydrogen-bond acceptors (Lipinski definition) is 1. The van der Waals surface area contributed by atoms with Crippen LogP contribution in [0.2, 0.25) is 0 Å². The lowest BCUT2D eigenvalue weighted by Gasteiger charge is -2.37. The minimum Gasteiger partial charge on any atom is -0.176 e. The van der Waals surface area contributed by atoms with Gasteiger partial charge in [0.2, 0.25) is 0 Å². The molecule has 5 atom stereocenters. The molecule has 0 saturated heterocycles. The summed E-state index contributed by atoms with van der Waals surface area (Å²) in [6, 6.07) is 0. The second kappa shape index (κ2) is 4.31. The Kier molecular flexibility index (Phi) is 3.02. The monoisotopic (exact) mass is 224 g/mol. The standard InChI is InChI=1S/C14H24S/c15-14-8-12-3-1-2-10-4-5-11(10)6-7-13(12)9-14/h10-15H,1-9H2/t10-,11?,12?,13?,14?/m1/s1.